The van der Waals surface area contributed by atoms with Crippen molar-refractivity contribution >= 4 is 34.0 Å². The summed E-state index contributed by atoms with van der Waals surface area (Å²) in [5.74, 6) is 0. The van der Waals surface area contributed by atoms with Crippen molar-refractivity contribution in [2.24, 2.45) is 0 Å². The van der Waals surface area contributed by atoms with E-state index in [1.54, 1.807) is 0 Å². The summed E-state index contributed by atoms with van der Waals surface area (Å²) < 4.78 is 1.11. The highest BCUT2D eigenvalue weighted by Crippen LogP contribution is 2.27. The van der Waals surface area contributed by atoms with Crippen molar-refractivity contribution in [3.8, 4) is 0 Å². The first-order valence-corrected chi connectivity index (χ1v) is 4.42. The lowest BCUT2D eigenvalue weighted by molar-refractivity contribution is 1.37. The molecule has 0 unspecified atom stereocenters. The number of nitrogen functional groups attached to an aromatic ring is 2. The quantitative estimate of drug-likeness (QED) is 0.555. The molecule has 1 rings (SSSR count). The lowest BCUT2D eigenvalue weighted by atomic mass is 10.1. The first-order chi connectivity index (χ1) is 5.04. The molecule has 0 aliphatic rings. The maximum absolute atomic E-state index is 5.80. The van der Waals surface area contributed by atoms with Crippen LogP contribution >= 0.6 is 22.6 Å². The number of benzene rings is 1. The van der Waals surface area contributed by atoms with E-state index in [-0.39, 0.29) is 0 Å². The molecule has 0 saturated heterocycles. The first kappa shape index (κ1) is 8.64. The molecular formula is C8H11IN2. The van der Waals surface area contributed by atoms with E-state index in [0.717, 1.165) is 26.1 Å². The minimum absolute atomic E-state index is 0.778. The molecule has 0 atom stereocenters. The van der Waals surface area contributed by atoms with Crippen LogP contribution in [-0.2, 0) is 0 Å². The molecule has 0 amide bonds. The molecular weight excluding hydrogens is 251 g/mol. The van der Waals surface area contributed by atoms with E-state index in [9.17, 15) is 0 Å². The second-order valence-electron chi connectivity index (χ2n) is 2.64. The lowest BCUT2D eigenvalue weighted by Crippen LogP contribution is -2.00. The number of rotatable bonds is 0. The molecule has 0 spiro atoms. The highest BCUT2D eigenvalue weighted by atomic mass is 127. The molecule has 0 fully saturated rings. The van der Waals surface area contributed by atoms with Crippen LogP contribution in [0.3, 0.4) is 0 Å². The van der Waals surface area contributed by atoms with Gasteiger partial charge in [-0.15, -0.1) is 0 Å². The Kier molecular flexibility index (Phi) is 2.27. The molecule has 60 valence electrons. The number of nitrogens with two attached hydrogens (primary N) is 2. The van der Waals surface area contributed by atoms with Crippen LogP contribution in [0.15, 0.2) is 6.07 Å². The predicted molar refractivity (Wildman–Crippen MR) is 57.5 cm³/mol. The highest BCUT2D eigenvalue weighted by molar-refractivity contribution is 14.1. The van der Waals surface area contributed by atoms with Crippen molar-refractivity contribution in [3.63, 3.8) is 0 Å². The molecule has 1 aromatic rings. The Hall–Kier alpha value is -0.450. The van der Waals surface area contributed by atoms with Gasteiger partial charge in [0.15, 0.2) is 0 Å². The summed E-state index contributed by atoms with van der Waals surface area (Å²) in [4.78, 5) is 0. The zero-order chi connectivity index (χ0) is 8.59. The van der Waals surface area contributed by atoms with Crippen molar-refractivity contribution in [2.45, 2.75) is 13.8 Å². The molecule has 0 saturated carbocycles. The highest BCUT2D eigenvalue weighted by Gasteiger charge is 2.05. The van der Waals surface area contributed by atoms with Crippen LogP contribution in [0, 0.1) is 17.4 Å². The van der Waals surface area contributed by atoms with Gasteiger partial charge in [-0.25, -0.2) is 0 Å². The SMILES string of the molecule is Cc1cc(N)c(C)c(N)c1I. The van der Waals surface area contributed by atoms with Gasteiger partial charge in [-0.1, -0.05) is 0 Å². The molecule has 2 nitrogen and oxygen atoms in total. The van der Waals surface area contributed by atoms with Crippen LogP contribution in [0.5, 0.6) is 0 Å². The maximum atomic E-state index is 5.80. The van der Waals surface area contributed by atoms with Crippen molar-refractivity contribution in [1.29, 1.82) is 0 Å². The van der Waals surface area contributed by atoms with Crippen LogP contribution in [0.4, 0.5) is 11.4 Å². The van der Waals surface area contributed by atoms with Gasteiger partial charge in [-0.3, -0.25) is 0 Å². The van der Waals surface area contributed by atoms with Gasteiger partial charge in [0.2, 0.25) is 0 Å². The standard InChI is InChI=1S/C8H11IN2/c1-4-3-6(10)5(2)8(11)7(4)9/h3H,10-11H2,1-2H3. The third-order valence-electron chi connectivity index (χ3n) is 1.79. The van der Waals surface area contributed by atoms with Crippen molar-refractivity contribution in [1.82, 2.24) is 0 Å². The average molecular weight is 262 g/mol. The Balaban J connectivity index is 3.46. The van der Waals surface area contributed by atoms with E-state index in [4.69, 9.17) is 11.5 Å². The fourth-order valence-electron chi connectivity index (χ4n) is 0.937. The largest absolute Gasteiger partial charge is 0.398 e. The normalized spacial score (nSPS) is 10.1. The monoisotopic (exact) mass is 262 g/mol. The van der Waals surface area contributed by atoms with Crippen LogP contribution in [0.2, 0.25) is 0 Å². The summed E-state index contributed by atoms with van der Waals surface area (Å²) in [6.07, 6.45) is 0. The average Bonchev–Trinajstić information content (AvgIpc) is 1.97. The van der Waals surface area contributed by atoms with Gasteiger partial charge in [0, 0.05) is 9.26 Å². The van der Waals surface area contributed by atoms with Crippen LogP contribution in [0.25, 0.3) is 0 Å². The lowest BCUT2D eigenvalue weighted by Gasteiger charge is -2.08. The van der Waals surface area contributed by atoms with E-state index in [1.807, 2.05) is 19.9 Å². The van der Waals surface area contributed by atoms with Crippen molar-refractivity contribution in [3.05, 3.63) is 20.8 Å². The van der Waals surface area contributed by atoms with Crippen LogP contribution in [0.1, 0.15) is 11.1 Å². The van der Waals surface area contributed by atoms with Gasteiger partial charge in [-0.05, 0) is 53.6 Å². The van der Waals surface area contributed by atoms with Gasteiger partial charge in [0.1, 0.15) is 0 Å². The molecule has 0 radical (unpaired) electrons. The maximum Gasteiger partial charge on any atom is 0.0502 e. The zero-order valence-electron chi connectivity index (χ0n) is 6.61. The second kappa shape index (κ2) is 2.89. The summed E-state index contributed by atoms with van der Waals surface area (Å²) in [5, 5.41) is 0. The topological polar surface area (TPSA) is 52.0 Å². The van der Waals surface area contributed by atoms with Crippen molar-refractivity contribution in [2.75, 3.05) is 11.5 Å². The van der Waals surface area contributed by atoms with Crippen LogP contribution in [-0.4, -0.2) is 0 Å². The Bertz CT molecular complexity index is 268. The molecule has 11 heavy (non-hydrogen) atoms. The van der Waals surface area contributed by atoms with Crippen molar-refractivity contribution < 1.29 is 0 Å². The van der Waals surface area contributed by atoms with E-state index in [1.165, 1.54) is 0 Å². The summed E-state index contributed by atoms with van der Waals surface area (Å²) in [7, 11) is 0. The molecule has 0 aliphatic heterocycles. The van der Waals surface area contributed by atoms with Gasteiger partial charge in [0.05, 0.1) is 5.69 Å². The number of aryl methyl sites for hydroxylation is 1. The van der Waals surface area contributed by atoms with Crippen LogP contribution < -0.4 is 11.5 Å². The fourth-order valence-corrected chi connectivity index (χ4v) is 1.50. The Labute approximate surface area is 80.1 Å². The molecule has 0 bridgehead atoms. The summed E-state index contributed by atoms with van der Waals surface area (Å²) in [6.45, 7) is 3.94. The van der Waals surface area contributed by atoms with E-state index in [0.29, 0.717) is 0 Å². The number of hydrogen-bond donors (Lipinski definition) is 2. The summed E-state index contributed by atoms with van der Waals surface area (Å²) in [6, 6.07) is 1.95. The van der Waals surface area contributed by atoms with Gasteiger partial charge < -0.3 is 11.5 Å². The number of hydrogen-bond acceptors (Lipinski definition) is 2. The molecule has 4 N–H and O–H groups in total. The Morgan fingerprint density at radius 1 is 1.27 bits per heavy atom. The predicted octanol–water partition coefficient (Wildman–Crippen LogP) is 2.07. The summed E-state index contributed by atoms with van der Waals surface area (Å²) in [5.41, 5.74) is 15.2. The molecule has 1 aromatic carbocycles. The third-order valence-corrected chi connectivity index (χ3v) is 3.22. The number of anilines is 2. The summed E-state index contributed by atoms with van der Waals surface area (Å²) >= 11 is 2.23. The Morgan fingerprint density at radius 2 is 1.82 bits per heavy atom. The van der Waals surface area contributed by atoms with E-state index in [2.05, 4.69) is 22.6 Å². The molecule has 0 aliphatic carbocycles. The zero-order valence-corrected chi connectivity index (χ0v) is 8.77. The Morgan fingerprint density at radius 3 is 2.36 bits per heavy atom. The van der Waals surface area contributed by atoms with E-state index >= 15 is 0 Å². The molecule has 0 aromatic heterocycles. The second-order valence-corrected chi connectivity index (χ2v) is 3.71. The smallest absolute Gasteiger partial charge is 0.0502 e. The first-order valence-electron chi connectivity index (χ1n) is 3.34. The van der Waals surface area contributed by atoms with Gasteiger partial charge in [-0.2, -0.15) is 0 Å². The molecule has 3 heteroatoms. The third kappa shape index (κ3) is 1.42. The van der Waals surface area contributed by atoms with E-state index < -0.39 is 0 Å². The number of halogens is 1. The van der Waals surface area contributed by atoms with Gasteiger partial charge in [0.25, 0.3) is 0 Å². The minimum atomic E-state index is 0.778. The van der Waals surface area contributed by atoms with Gasteiger partial charge >= 0.3 is 0 Å². The minimum Gasteiger partial charge on any atom is -0.398 e. The fraction of sp³-hybridized carbons (Fsp3) is 0.250. The molecule has 0 heterocycles.